The smallest absolute Gasteiger partial charge is 0.272 e. The van der Waals surface area contributed by atoms with E-state index in [0.717, 1.165) is 23.8 Å². The molecule has 4 rings (SSSR count). The number of aromatic amines is 1. The highest BCUT2D eigenvalue weighted by atomic mass is 16.7. The van der Waals surface area contributed by atoms with Crippen molar-refractivity contribution < 1.29 is 9.63 Å². The molecule has 0 saturated heterocycles. The number of aryl methyl sites for hydroxylation is 1. The van der Waals surface area contributed by atoms with E-state index in [9.17, 15) is 9.59 Å². The fourth-order valence-electron chi connectivity index (χ4n) is 3.57. The second-order valence-electron chi connectivity index (χ2n) is 7.99. The van der Waals surface area contributed by atoms with E-state index in [-0.39, 0.29) is 17.7 Å². The number of benzene rings is 2. The third kappa shape index (κ3) is 5.95. The summed E-state index contributed by atoms with van der Waals surface area (Å²) in [6.07, 6.45) is 2.19. The molecule has 0 aliphatic carbocycles. The molecule has 172 valence electrons. The van der Waals surface area contributed by atoms with Gasteiger partial charge < -0.3 is 10.6 Å². The van der Waals surface area contributed by atoms with Crippen molar-refractivity contribution in [1.82, 2.24) is 21.0 Å². The van der Waals surface area contributed by atoms with Crippen molar-refractivity contribution >= 4 is 28.3 Å². The molecule has 2 heterocycles. The van der Waals surface area contributed by atoms with Crippen LogP contribution in [-0.2, 0) is 9.63 Å². The predicted octanol–water partition coefficient (Wildman–Crippen LogP) is 2.63. The zero-order valence-electron chi connectivity index (χ0n) is 18.6. The van der Waals surface area contributed by atoms with Gasteiger partial charge in [-0.3, -0.25) is 9.59 Å². The number of hydroxylamine groups is 1. The van der Waals surface area contributed by atoms with Gasteiger partial charge in [0.25, 0.3) is 5.56 Å². The third-order valence-corrected chi connectivity index (χ3v) is 5.42. The van der Waals surface area contributed by atoms with Gasteiger partial charge in [0.1, 0.15) is 0 Å². The van der Waals surface area contributed by atoms with Gasteiger partial charge in [-0.1, -0.05) is 48.0 Å². The first-order valence-electron chi connectivity index (χ1n) is 11.1. The van der Waals surface area contributed by atoms with Crippen LogP contribution in [0.5, 0.6) is 0 Å². The summed E-state index contributed by atoms with van der Waals surface area (Å²) in [6, 6.07) is 15.4. The maximum Gasteiger partial charge on any atom is 0.272 e. The zero-order chi connectivity index (χ0) is 23.0. The van der Waals surface area contributed by atoms with E-state index >= 15 is 0 Å². The molecule has 1 aliphatic rings. The van der Waals surface area contributed by atoms with Crippen LogP contribution in [0.1, 0.15) is 36.8 Å². The fraction of sp³-hybridized carbons (Fsp3) is 0.333. The van der Waals surface area contributed by atoms with Crippen molar-refractivity contribution in [2.75, 3.05) is 18.4 Å². The van der Waals surface area contributed by atoms with Gasteiger partial charge in [0.15, 0.2) is 17.9 Å². The second-order valence-corrected chi connectivity index (χ2v) is 7.99. The molecule has 9 nitrogen and oxygen atoms in total. The third-order valence-electron chi connectivity index (χ3n) is 5.42. The number of aliphatic imine (C=N–C) groups is 1. The van der Waals surface area contributed by atoms with Crippen LogP contribution in [0.25, 0.3) is 10.8 Å². The van der Waals surface area contributed by atoms with E-state index in [1.807, 2.05) is 49.4 Å². The minimum atomic E-state index is -0.365. The molecule has 0 radical (unpaired) electrons. The number of fused-ring (bicyclic) bond motifs is 1. The number of anilines is 1. The number of hydrogen-bond acceptors (Lipinski definition) is 7. The van der Waals surface area contributed by atoms with Crippen molar-refractivity contribution in [3.8, 4) is 0 Å². The standard InChI is InChI=1S/C24H28N6O3/c1-16-8-10-17(11-9-16)22-27-21(33-30-22)13-12-20(31)25-14-4-5-15-26-23-18-6-2-3-7-19(18)24(32)29-28-23/h2-3,6-11,21H,4-5,12-15H2,1H3,(H,25,31)(H,26,28)(H,27,30)(H,29,32). The minimum Gasteiger partial charge on any atom is -0.368 e. The van der Waals surface area contributed by atoms with E-state index in [4.69, 9.17) is 4.84 Å². The first-order chi connectivity index (χ1) is 16.1. The largest absolute Gasteiger partial charge is 0.368 e. The van der Waals surface area contributed by atoms with Crippen LogP contribution in [0.15, 0.2) is 58.3 Å². The molecule has 3 aromatic rings. The average molecular weight is 449 g/mol. The Hall–Kier alpha value is -3.72. The Kier molecular flexibility index (Phi) is 7.31. The van der Waals surface area contributed by atoms with Gasteiger partial charge in [0.2, 0.25) is 5.91 Å². The van der Waals surface area contributed by atoms with Crippen LogP contribution in [-0.4, -0.2) is 41.3 Å². The maximum absolute atomic E-state index is 12.1. The Labute approximate surface area is 191 Å². The van der Waals surface area contributed by atoms with E-state index < -0.39 is 0 Å². The van der Waals surface area contributed by atoms with Gasteiger partial charge >= 0.3 is 0 Å². The van der Waals surface area contributed by atoms with E-state index in [2.05, 4.69) is 31.3 Å². The normalized spacial score (nSPS) is 15.2. The van der Waals surface area contributed by atoms with Gasteiger partial charge in [0.05, 0.1) is 5.39 Å². The van der Waals surface area contributed by atoms with Crippen LogP contribution in [0.3, 0.4) is 0 Å². The predicted molar refractivity (Wildman–Crippen MR) is 128 cm³/mol. The number of rotatable bonds is 10. The first-order valence-corrected chi connectivity index (χ1v) is 11.1. The number of carbonyl (C=O) groups is 1. The molecule has 4 N–H and O–H groups in total. The SMILES string of the molecule is Cc1ccc(C2=NC(CCC(=O)NCCCCNc3n[nH]c(=O)c4ccccc34)ON2)cc1. The second kappa shape index (κ2) is 10.7. The lowest BCUT2D eigenvalue weighted by Gasteiger charge is -2.09. The summed E-state index contributed by atoms with van der Waals surface area (Å²) >= 11 is 0. The minimum absolute atomic E-state index is 0.0150. The molecule has 0 fully saturated rings. The number of H-pyrrole nitrogens is 1. The topological polar surface area (TPSA) is 120 Å². The monoisotopic (exact) mass is 448 g/mol. The molecule has 33 heavy (non-hydrogen) atoms. The highest BCUT2D eigenvalue weighted by Crippen LogP contribution is 2.17. The number of aromatic nitrogens is 2. The van der Waals surface area contributed by atoms with Crippen LogP contribution in [0, 0.1) is 6.92 Å². The molecule has 9 heteroatoms. The summed E-state index contributed by atoms with van der Waals surface area (Å²) in [5, 5.41) is 14.2. The van der Waals surface area contributed by atoms with Gasteiger partial charge in [0, 0.05) is 36.9 Å². The number of unbranched alkanes of at least 4 members (excludes halogenated alkanes) is 1. The van der Waals surface area contributed by atoms with E-state index in [1.165, 1.54) is 5.56 Å². The number of amidine groups is 1. The summed E-state index contributed by atoms with van der Waals surface area (Å²) in [5.74, 6) is 1.33. The molecule has 1 unspecified atom stereocenters. The summed E-state index contributed by atoms with van der Waals surface area (Å²) in [4.78, 5) is 33.9. The van der Waals surface area contributed by atoms with Crippen molar-refractivity contribution in [3.05, 3.63) is 70.0 Å². The molecular weight excluding hydrogens is 420 g/mol. The molecule has 1 atom stereocenters. The Morgan fingerprint density at radius 1 is 1.06 bits per heavy atom. The van der Waals surface area contributed by atoms with Crippen LogP contribution >= 0.6 is 0 Å². The maximum atomic E-state index is 12.1. The summed E-state index contributed by atoms with van der Waals surface area (Å²) in [5.41, 5.74) is 4.80. The van der Waals surface area contributed by atoms with Crippen molar-refractivity contribution in [1.29, 1.82) is 0 Å². The van der Waals surface area contributed by atoms with Crippen LogP contribution in [0.4, 0.5) is 5.82 Å². The molecule has 0 spiro atoms. The zero-order valence-corrected chi connectivity index (χ0v) is 18.6. The first kappa shape index (κ1) is 22.5. The number of carbonyl (C=O) groups excluding carboxylic acids is 1. The number of amides is 1. The summed E-state index contributed by atoms with van der Waals surface area (Å²) in [7, 11) is 0. The van der Waals surface area contributed by atoms with Crippen molar-refractivity contribution in [2.45, 2.75) is 38.8 Å². The molecular formula is C24H28N6O3. The molecule has 0 bridgehead atoms. The van der Waals surface area contributed by atoms with Gasteiger partial charge in [-0.05, 0) is 25.8 Å². The Bertz CT molecular complexity index is 1190. The summed E-state index contributed by atoms with van der Waals surface area (Å²) in [6.45, 7) is 3.33. The van der Waals surface area contributed by atoms with Crippen LogP contribution in [0.2, 0.25) is 0 Å². The molecule has 1 aromatic heterocycles. The lowest BCUT2D eigenvalue weighted by molar-refractivity contribution is -0.121. The lowest BCUT2D eigenvalue weighted by Crippen LogP contribution is -2.26. The number of nitrogens with one attached hydrogen (secondary N) is 4. The van der Waals surface area contributed by atoms with Crippen molar-refractivity contribution in [2.24, 2.45) is 4.99 Å². The van der Waals surface area contributed by atoms with Gasteiger partial charge in [-0.15, -0.1) is 0 Å². The lowest BCUT2D eigenvalue weighted by atomic mass is 10.1. The van der Waals surface area contributed by atoms with E-state index in [0.29, 0.717) is 43.0 Å². The Morgan fingerprint density at radius 2 is 1.82 bits per heavy atom. The van der Waals surface area contributed by atoms with E-state index in [1.54, 1.807) is 6.07 Å². The highest BCUT2D eigenvalue weighted by molar-refractivity contribution is 5.98. The van der Waals surface area contributed by atoms with Gasteiger partial charge in [-0.25, -0.2) is 20.4 Å². The quantitative estimate of drug-likeness (QED) is 0.354. The fourth-order valence-corrected chi connectivity index (χ4v) is 3.57. The molecule has 2 aromatic carbocycles. The van der Waals surface area contributed by atoms with Crippen LogP contribution < -0.4 is 21.7 Å². The molecule has 1 amide bonds. The average Bonchev–Trinajstić information content (AvgIpc) is 3.31. The number of nitrogens with zero attached hydrogens (tertiary/aromatic N) is 2. The molecule has 1 aliphatic heterocycles. The highest BCUT2D eigenvalue weighted by Gasteiger charge is 2.19. The van der Waals surface area contributed by atoms with Gasteiger partial charge in [-0.2, -0.15) is 5.10 Å². The van der Waals surface area contributed by atoms with Crippen molar-refractivity contribution in [3.63, 3.8) is 0 Å². The summed E-state index contributed by atoms with van der Waals surface area (Å²) < 4.78 is 0. The Morgan fingerprint density at radius 3 is 2.64 bits per heavy atom. The number of hydrogen-bond donors (Lipinski definition) is 4. The molecule has 0 saturated carbocycles. The Balaban J connectivity index is 1.12.